The molecule has 0 aliphatic rings. The Morgan fingerprint density at radius 2 is 1.89 bits per heavy atom. The Balaban J connectivity index is 3.62. The van der Waals surface area contributed by atoms with E-state index in [1.807, 2.05) is 20.8 Å². The molecule has 0 aromatic rings. The van der Waals surface area contributed by atoms with Crippen molar-refractivity contribution in [2.24, 2.45) is 5.92 Å². The molecule has 0 aromatic heterocycles. The molecule has 0 saturated heterocycles. The van der Waals surface area contributed by atoms with Crippen molar-refractivity contribution < 1.29 is 9.53 Å². The van der Waals surface area contributed by atoms with Gasteiger partial charge in [-0.2, -0.15) is 0 Å². The fourth-order valence-electron chi connectivity index (χ4n) is 1.27. The maximum atomic E-state index is 11.4. The van der Waals surface area contributed by atoms with Crippen LogP contribution in [0.2, 0.25) is 0 Å². The fraction of sp³-hybridized carbons (Fsp3) is 0.846. The van der Waals surface area contributed by atoms with Crippen LogP contribution in [0, 0.1) is 5.92 Å². The van der Waals surface area contributed by atoms with Crippen LogP contribution in [-0.2, 0) is 4.74 Å². The SMILES string of the molecule is CC(C)CCCNC(=S)CNC(=O)OC(C)(C)C. The molecule has 2 N–H and O–H groups in total. The molecule has 0 aromatic carbocycles. The van der Waals surface area contributed by atoms with E-state index >= 15 is 0 Å². The first kappa shape index (κ1) is 17.2. The highest BCUT2D eigenvalue weighted by atomic mass is 32.1. The second kappa shape index (κ2) is 8.29. The molecular weight excluding hydrogens is 248 g/mol. The van der Waals surface area contributed by atoms with Crippen LogP contribution in [-0.4, -0.2) is 29.8 Å². The number of nitrogens with one attached hydrogen (secondary N) is 2. The molecule has 18 heavy (non-hydrogen) atoms. The molecule has 0 aliphatic carbocycles. The summed E-state index contributed by atoms with van der Waals surface area (Å²) in [6, 6.07) is 0. The summed E-state index contributed by atoms with van der Waals surface area (Å²) in [6.07, 6.45) is 1.83. The number of hydrogen-bond acceptors (Lipinski definition) is 3. The number of ether oxygens (including phenoxy) is 1. The van der Waals surface area contributed by atoms with E-state index in [2.05, 4.69) is 24.5 Å². The highest BCUT2D eigenvalue weighted by molar-refractivity contribution is 7.80. The van der Waals surface area contributed by atoms with Gasteiger partial charge in [-0.25, -0.2) is 4.79 Å². The highest BCUT2D eigenvalue weighted by Gasteiger charge is 2.15. The lowest BCUT2D eigenvalue weighted by molar-refractivity contribution is 0.0536. The van der Waals surface area contributed by atoms with Gasteiger partial charge in [0.1, 0.15) is 5.60 Å². The molecule has 5 heteroatoms. The Hall–Kier alpha value is -0.840. The van der Waals surface area contributed by atoms with Gasteiger partial charge in [0.05, 0.1) is 11.5 Å². The second-order valence-electron chi connectivity index (χ2n) is 5.74. The van der Waals surface area contributed by atoms with Crippen LogP contribution in [0.15, 0.2) is 0 Å². The normalized spacial score (nSPS) is 11.2. The molecule has 0 unspecified atom stereocenters. The summed E-state index contributed by atoms with van der Waals surface area (Å²) in [5.74, 6) is 0.709. The molecule has 0 aliphatic heterocycles. The molecule has 0 saturated carbocycles. The van der Waals surface area contributed by atoms with Gasteiger partial charge >= 0.3 is 6.09 Å². The van der Waals surface area contributed by atoms with Gasteiger partial charge in [-0.05, 0) is 39.5 Å². The number of carbonyl (C=O) groups excluding carboxylic acids is 1. The zero-order chi connectivity index (χ0) is 14.2. The molecule has 0 fully saturated rings. The van der Waals surface area contributed by atoms with Crippen LogP contribution < -0.4 is 10.6 Å². The van der Waals surface area contributed by atoms with E-state index < -0.39 is 11.7 Å². The van der Waals surface area contributed by atoms with E-state index in [0.717, 1.165) is 13.0 Å². The van der Waals surface area contributed by atoms with Gasteiger partial charge in [0, 0.05) is 6.54 Å². The molecule has 0 spiro atoms. The molecular formula is C13H26N2O2S. The number of thiocarbonyl (C=S) groups is 1. The largest absolute Gasteiger partial charge is 0.444 e. The van der Waals surface area contributed by atoms with E-state index in [4.69, 9.17) is 17.0 Å². The lowest BCUT2D eigenvalue weighted by Crippen LogP contribution is -2.39. The first-order chi connectivity index (χ1) is 8.20. The van der Waals surface area contributed by atoms with Gasteiger partial charge in [-0.15, -0.1) is 0 Å². The zero-order valence-electron chi connectivity index (χ0n) is 12.1. The molecule has 4 nitrogen and oxygen atoms in total. The third-order valence-corrected chi connectivity index (χ3v) is 2.36. The summed E-state index contributed by atoms with van der Waals surface area (Å²) in [5.41, 5.74) is -0.476. The van der Waals surface area contributed by atoms with Crippen molar-refractivity contribution in [3.8, 4) is 0 Å². The lowest BCUT2D eigenvalue weighted by atomic mass is 10.1. The minimum absolute atomic E-state index is 0.325. The third kappa shape index (κ3) is 11.6. The summed E-state index contributed by atoms with van der Waals surface area (Å²) < 4.78 is 5.11. The van der Waals surface area contributed by atoms with Crippen molar-refractivity contribution in [2.75, 3.05) is 13.1 Å². The molecule has 0 bridgehead atoms. The van der Waals surface area contributed by atoms with Crippen molar-refractivity contribution >= 4 is 23.3 Å². The van der Waals surface area contributed by atoms with Crippen LogP contribution in [0.3, 0.4) is 0 Å². The number of amides is 1. The standard InChI is InChI=1S/C13H26N2O2S/c1-10(2)7-6-8-14-11(18)9-15-12(16)17-13(3,4)5/h10H,6-9H2,1-5H3,(H,14,18)(H,15,16). The summed E-state index contributed by atoms with van der Waals surface area (Å²) in [5, 5.41) is 5.74. The van der Waals surface area contributed by atoms with Gasteiger partial charge in [-0.3, -0.25) is 0 Å². The maximum absolute atomic E-state index is 11.4. The summed E-state index contributed by atoms with van der Waals surface area (Å²) in [7, 11) is 0. The Labute approximate surface area is 116 Å². The van der Waals surface area contributed by atoms with Crippen LogP contribution in [0.5, 0.6) is 0 Å². The van der Waals surface area contributed by atoms with E-state index in [0.29, 0.717) is 17.5 Å². The number of alkyl carbamates (subject to hydrolysis) is 1. The predicted octanol–water partition coefficient (Wildman–Crippen LogP) is 2.86. The average molecular weight is 274 g/mol. The van der Waals surface area contributed by atoms with Crippen molar-refractivity contribution in [3.05, 3.63) is 0 Å². The molecule has 1 amide bonds. The Morgan fingerprint density at radius 1 is 1.28 bits per heavy atom. The monoisotopic (exact) mass is 274 g/mol. The minimum Gasteiger partial charge on any atom is -0.444 e. The number of rotatable bonds is 6. The smallest absolute Gasteiger partial charge is 0.408 e. The Morgan fingerprint density at radius 3 is 2.39 bits per heavy atom. The summed E-state index contributed by atoms with van der Waals surface area (Å²) >= 11 is 5.11. The Kier molecular flexibility index (Phi) is 7.91. The molecule has 0 atom stereocenters. The van der Waals surface area contributed by atoms with Crippen molar-refractivity contribution in [2.45, 2.75) is 53.1 Å². The van der Waals surface area contributed by atoms with Gasteiger partial charge in [-0.1, -0.05) is 26.1 Å². The molecule has 0 rings (SSSR count). The fourth-order valence-corrected chi connectivity index (χ4v) is 1.44. The van der Waals surface area contributed by atoms with Gasteiger partial charge in [0.25, 0.3) is 0 Å². The van der Waals surface area contributed by atoms with Gasteiger partial charge < -0.3 is 15.4 Å². The number of carbonyl (C=O) groups is 1. The van der Waals surface area contributed by atoms with Gasteiger partial charge in [0.2, 0.25) is 0 Å². The summed E-state index contributed by atoms with van der Waals surface area (Å²) in [4.78, 5) is 12.0. The zero-order valence-corrected chi connectivity index (χ0v) is 12.9. The van der Waals surface area contributed by atoms with Crippen molar-refractivity contribution in [1.82, 2.24) is 10.6 Å². The van der Waals surface area contributed by atoms with E-state index in [1.165, 1.54) is 6.42 Å². The van der Waals surface area contributed by atoms with Crippen LogP contribution in [0.25, 0.3) is 0 Å². The third-order valence-electron chi connectivity index (χ3n) is 2.07. The maximum Gasteiger partial charge on any atom is 0.408 e. The first-order valence-corrected chi connectivity index (χ1v) is 6.85. The highest BCUT2D eigenvalue weighted by Crippen LogP contribution is 2.06. The van der Waals surface area contributed by atoms with Crippen LogP contribution >= 0.6 is 12.2 Å². The van der Waals surface area contributed by atoms with Gasteiger partial charge in [0.15, 0.2) is 0 Å². The van der Waals surface area contributed by atoms with E-state index in [-0.39, 0.29) is 0 Å². The lowest BCUT2D eigenvalue weighted by Gasteiger charge is -2.19. The quantitative estimate of drug-likeness (QED) is 0.577. The predicted molar refractivity (Wildman–Crippen MR) is 78.9 cm³/mol. The molecule has 0 heterocycles. The van der Waals surface area contributed by atoms with Crippen LogP contribution in [0.1, 0.15) is 47.5 Å². The minimum atomic E-state index is -0.476. The topological polar surface area (TPSA) is 50.4 Å². The van der Waals surface area contributed by atoms with Crippen LogP contribution in [0.4, 0.5) is 4.79 Å². The van der Waals surface area contributed by atoms with E-state index in [9.17, 15) is 4.79 Å². The van der Waals surface area contributed by atoms with Crippen molar-refractivity contribution in [3.63, 3.8) is 0 Å². The van der Waals surface area contributed by atoms with Crippen molar-refractivity contribution in [1.29, 1.82) is 0 Å². The number of hydrogen-bond donors (Lipinski definition) is 2. The summed E-state index contributed by atoms with van der Waals surface area (Å²) in [6.45, 7) is 11.1. The Bertz CT molecular complexity index is 273. The first-order valence-electron chi connectivity index (χ1n) is 6.44. The average Bonchev–Trinajstić information content (AvgIpc) is 2.19. The molecule has 0 radical (unpaired) electrons. The van der Waals surface area contributed by atoms with E-state index in [1.54, 1.807) is 0 Å². The second-order valence-corrected chi connectivity index (χ2v) is 6.23. The molecule has 106 valence electrons.